The predicted octanol–water partition coefficient (Wildman–Crippen LogP) is 3.48. The number of nitriles is 1. The molecular formula is C15H14N2. The molecule has 0 aliphatic heterocycles. The predicted molar refractivity (Wildman–Crippen MR) is 69.7 cm³/mol. The lowest BCUT2D eigenvalue weighted by atomic mass is 10.1. The van der Waals surface area contributed by atoms with E-state index < -0.39 is 0 Å². The third-order valence-corrected chi connectivity index (χ3v) is 2.74. The van der Waals surface area contributed by atoms with Crippen LogP contribution in [0.15, 0.2) is 48.5 Å². The summed E-state index contributed by atoms with van der Waals surface area (Å²) in [6.45, 7) is 2.88. The van der Waals surface area contributed by atoms with Gasteiger partial charge in [0.2, 0.25) is 0 Å². The van der Waals surface area contributed by atoms with E-state index in [1.54, 1.807) is 6.07 Å². The average Bonchev–Trinajstić information content (AvgIpc) is 2.38. The Morgan fingerprint density at radius 3 is 2.71 bits per heavy atom. The van der Waals surface area contributed by atoms with E-state index in [1.165, 1.54) is 11.1 Å². The Labute approximate surface area is 102 Å². The van der Waals surface area contributed by atoms with Crippen molar-refractivity contribution in [1.29, 1.82) is 5.26 Å². The van der Waals surface area contributed by atoms with Crippen molar-refractivity contribution < 1.29 is 0 Å². The standard InChI is InChI=1S/C15H14N2/c1-12-5-2-3-7-14(12)11-17-15-8-4-6-13(9-15)10-16/h2-9,17H,11H2,1H3. The molecule has 0 amide bonds. The van der Waals surface area contributed by atoms with E-state index in [0.717, 1.165) is 12.2 Å². The van der Waals surface area contributed by atoms with Gasteiger partial charge in [-0.15, -0.1) is 0 Å². The maximum absolute atomic E-state index is 8.81. The molecule has 1 N–H and O–H groups in total. The maximum atomic E-state index is 8.81. The summed E-state index contributed by atoms with van der Waals surface area (Å²) in [5.41, 5.74) is 4.21. The summed E-state index contributed by atoms with van der Waals surface area (Å²) in [7, 11) is 0. The Hall–Kier alpha value is -2.27. The van der Waals surface area contributed by atoms with Crippen LogP contribution in [0.4, 0.5) is 5.69 Å². The molecular weight excluding hydrogens is 208 g/mol. The topological polar surface area (TPSA) is 35.8 Å². The Morgan fingerprint density at radius 1 is 1.12 bits per heavy atom. The number of anilines is 1. The van der Waals surface area contributed by atoms with Crippen LogP contribution in [0.25, 0.3) is 0 Å². The second kappa shape index (κ2) is 5.18. The molecule has 0 bridgehead atoms. The van der Waals surface area contributed by atoms with Crippen LogP contribution < -0.4 is 5.32 Å². The highest BCUT2D eigenvalue weighted by Gasteiger charge is 1.98. The minimum absolute atomic E-state index is 0.680. The minimum Gasteiger partial charge on any atom is -0.381 e. The Bertz CT molecular complexity index is 553. The monoisotopic (exact) mass is 222 g/mol. The van der Waals surface area contributed by atoms with Crippen LogP contribution in [0.5, 0.6) is 0 Å². The van der Waals surface area contributed by atoms with Crippen molar-refractivity contribution >= 4 is 5.69 Å². The molecule has 0 unspecified atom stereocenters. The van der Waals surface area contributed by atoms with Crippen molar-refractivity contribution in [3.8, 4) is 6.07 Å². The number of hydrogen-bond acceptors (Lipinski definition) is 2. The molecule has 0 atom stereocenters. The Balaban J connectivity index is 2.08. The van der Waals surface area contributed by atoms with E-state index in [4.69, 9.17) is 5.26 Å². The molecule has 0 saturated carbocycles. The second-order valence-corrected chi connectivity index (χ2v) is 3.97. The number of hydrogen-bond donors (Lipinski definition) is 1. The Kier molecular flexibility index (Phi) is 3.42. The molecule has 0 saturated heterocycles. The van der Waals surface area contributed by atoms with E-state index >= 15 is 0 Å². The number of nitrogens with one attached hydrogen (secondary N) is 1. The summed E-state index contributed by atoms with van der Waals surface area (Å²) in [6, 6.07) is 17.9. The minimum atomic E-state index is 0.680. The molecule has 2 nitrogen and oxygen atoms in total. The lowest BCUT2D eigenvalue weighted by molar-refractivity contribution is 1.12. The molecule has 2 rings (SSSR count). The van der Waals surface area contributed by atoms with Gasteiger partial charge >= 0.3 is 0 Å². The summed E-state index contributed by atoms with van der Waals surface area (Å²) < 4.78 is 0. The van der Waals surface area contributed by atoms with Crippen molar-refractivity contribution in [2.24, 2.45) is 0 Å². The Morgan fingerprint density at radius 2 is 1.94 bits per heavy atom. The van der Waals surface area contributed by atoms with E-state index in [2.05, 4.69) is 30.4 Å². The highest BCUT2D eigenvalue weighted by atomic mass is 14.9. The molecule has 2 aromatic rings. The van der Waals surface area contributed by atoms with Gasteiger partial charge in [-0.1, -0.05) is 30.3 Å². The first-order chi connectivity index (χ1) is 8.29. The highest BCUT2D eigenvalue weighted by molar-refractivity contribution is 5.49. The van der Waals surface area contributed by atoms with Crippen LogP contribution in [-0.2, 0) is 6.54 Å². The largest absolute Gasteiger partial charge is 0.381 e. The van der Waals surface area contributed by atoms with Crippen LogP contribution in [-0.4, -0.2) is 0 Å². The van der Waals surface area contributed by atoms with Gasteiger partial charge in [-0.2, -0.15) is 5.26 Å². The molecule has 84 valence electrons. The van der Waals surface area contributed by atoms with E-state index in [9.17, 15) is 0 Å². The fourth-order valence-corrected chi connectivity index (χ4v) is 1.70. The number of rotatable bonds is 3. The van der Waals surface area contributed by atoms with Gasteiger partial charge in [0.15, 0.2) is 0 Å². The average molecular weight is 222 g/mol. The van der Waals surface area contributed by atoms with E-state index in [0.29, 0.717) is 5.56 Å². The first-order valence-corrected chi connectivity index (χ1v) is 5.58. The van der Waals surface area contributed by atoms with Crippen LogP contribution >= 0.6 is 0 Å². The zero-order valence-corrected chi connectivity index (χ0v) is 9.77. The molecule has 0 heterocycles. The summed E-state index contributed by atoms with van der Waals surface area (Å²) in [4.78, 5) is 0. The smallest absolute Gasteiger partial charge is 0.0992 e. The maximum Gasteiger partial charge on any atom is 0.0992 e. The third kappa shape index (κ3) is 2.85. The van der Waals surface area contributed by atoms with Crippen molar-refractivity contribution in [2.75, 3.05) is 5.32 Å². The van der Waals surface area contributed by atoms with Crippen molar-refractivity contribution in [1.82, 2.24) is 0 Å². The van der Waals surface area contributed by atoms with E-state index in [-0.39, 0.29) is 0 Å². The number of benzene rings is 2. The molecule has 0 fully saturated rings. The van der Waals surface area contributed by atoms with Crippen molar-refractivity contribution in [2.45, 2.75) is 13.5 Å². The summed E-state index contributed by atoms with van der Waals surface area (Å²) in [5, 5.41) is 12.1. The molecule has 0 aromatic heterocycles. The van der Waals surface area contributed by atoms with Crippen LogP contribution in [0.1, 0.15) is 16.7 Å². The van der Waals surface area contributed by atoms with Gasteiger partial charge < -0.3 is 5.32 Å². The first-order valence-electron chi connectivity index (χ1n) is 5.58. The quantitative estimate of drug-likeness (QED) is 0.863. The van der Waals surface area contributed by atoms with Crippen molar-refractivity contribution in [3.63, 3.8) is 0 Å². The van der Waals surface area contributed by atoms with Gasteiger partial charge in [0.05, 0.1) is 11.6 Å². The number of nitrogens with zero attached hydrogens (tertiary/aromatic N) is 1. The zero-order chi connectivity index (χ0) is 12.1. The summed E-state index contributed by atoms with van der Waals surface area (Å²) in [5.74, 6) is 0. The molecule has 0 aliphatic carbocycles. The molecule has 0 radical (unpaired) electrons. The fourth-order valence-electron chi connectivity index (χ4n) is 1.70. The van der Waals surface area contributed by atoms with Gasteiger partial charge in [0.1, 0.15) is 0 Å². The summed E-state index contributed by atoms with van der Waals surface area (Å²) >= 11 is 0. The van der Waals surface area contributed by atoms with Gasteiger partial charge in [-0.05, 0) is 36.2 Å². The molecule has 0 aliphatic rings. The first kappa shape index (κ1) is 11.2. The SMILES string of the molecule is Cc1ccccc1CNc1cccc(C#N)c1. The zero-order valence-electron chi connectivity index (χ0n) is 9.77. The highest BCUT2D eigenvalue weighted by Crippen LogP contribution is 2.13. The summed E-state index contributed by atoms with van der Waals surface area (Å²) in [6.07, 6.45) is 0. The third-order valence-electron chi connectivity index (χ3n) is 2.74. The number of aryl methyl sites for hydroxylation is 1. The lowest BCUT2D eigenvalue weighted by Crippen LogP contribution is -2.01. The second-order valence-electron chi connectivity index (χ2n) is 3.97. The van der Waals surface area contributed by atoms with E-state index in [1.807, 2.05) is 30.3 Å². The van der Waals surface area contributed by atoms with Crippen LogP contribution in [0, 0.1) is 18.3 Å². The van der Waals surface area contributed by atoms with Crippen molar-refractivity contribution in [3.05, 3.63) is 65.2 Å². The van der Waals surface area contributed by atoms with Gasteiger partial charge in [0.25, 0.3) is 0 Å². The fraction of sp³-hybridized carbons (Fsp3) is 0.133. The van der Waals surface area contributed by atoms with Crippen LogP contribution in [0.3, 0.4) is 0 Å². The lowest BCUT2D eigenvalue weighted by Gasteiger charge is -2.08. The van der Waals surface area contributed by atoms with Gasteiger partial charge in [-0.25, -0.2) is 0 Å². The molecule has 0 spiro atoms. The normalized spacial score (nSPS) is 9.65. The van der Waals surface area contributed by atoms with Crippen LogP contribution in [0.2, 0.25) is 0 Å². The van der Waals surface area contributed by atoms with Gasteiger partial charge in [0, 0.05) is 12.2 Å². The molecule has 17 heavy (non-hydrogen) atoms. The van der Waals surface area contributed by atoms with Gasteiger partial charge in [-0.3, -0.25) is 0 Å². The molecule has 2 aromatic carbocycles. The molecule has 2 heteroatoms.